The summed E-state index contributed by atoms with van der Waals surface area (Å²) in [6.45, 7) is 0. The fourth-order valence-electron chi connectivity index (χ4n) is 2.30. The zero-order valence-electron chi connectivity index (χ0n) is 11.2. The maximum absolute atomic E-state index is 10.9. The lowest BCUT2D eigenvalue weighted by atomic mass is 9.98. The van der Waals surface area contributed by atoms with Crippen molar-refractivity contribution >= 4 is 17.1 Å². The Morgan fingerprint density at radius 1 is 1.19 bits per heavy atom. The largest absolute Gasteiger partial charge is 0.481 e. The monoisotopic (exact) mass is 282 g/mol. The van der Waals surface area contributed by atoms with Gasteiger partial charge in [0.1, 0.15) is 5.52 Å². The number of hydrogen-bond acceptors (Lipinski definition) is 4. The molecular weight excluding hydrogens is 268 g/mol. The van der Waals surface area contributed by atoms with Crippen molar-refractivity contribution < 1.29 is 14.3 Å². The third kappa shape index (κ3) is 2.64. The van der Waals surface area contributed by atoms with Gasteiger partial charge >= 0.3 is 5.97 Å². The van der Waals surface area contributed by atoms with E-state index in [0.717, 1.165) is 11.1 Å². The third-order valence-corrected chi connectivity index (χ3v) is 3.28. The molecule has 0 aliphatic rings. The summed E-state index contributed by atoms with van der Waals surface area (Å²) in [5, 5.41) is 8.90. The molecule has 0 aliphatic carbocycles. The van der Waals surface area contributed by atoms with E-state index in [-0.39, 0.29) is 6.42 Å². The number of carboxylic acid groups (broad SMARTS) is 1. The van der Waals surface area contributed by atoms with Crippen molar-refractivity contribution in [1.29, 1.82) is 0 Å². The lowest BCUT2D eigenvalue weighted by Crippen LogP contribution is -2.15. The Bertz CT molecular complexity index is 762. The summed E-state index contributed by atoms with van der Waals surface area (Å²) in [5.41, 5.74) is 8.86. The van der Waals surface area contributed by atoms with E-state index in [1.165, 1.54) is 0 Å². The van der Waals surface area contributed by atoms with Crippen LogP contribution in [0.2, 0.25) is 0 Å². The second kappa shape index (κ2) is 5.38. The highest BCUT2D eigenvalue weighted by molar-refractivity contribution is 5.77. The van der Waals surface area contributed by atoms with Crippen LogP contribution in [-0.2, 0) is 4.79 Å². The van der Waals surface area contributed by atoms with Gasteiger partial charge in [-0.2, -0.15) is 0 Å². The van der Waals surface area contributed by atoms with E-state index in [9.17, 15) is 4.79 Å². The molecule has 0 bridgehead atoms. The van der Waals surface area contributed by atoms with Gasteiger partial charge in [-0.15, -0.1) is 0 Å². The standard InChI is InChI=1S/C16H14N2O3/c17-12(9-15(19)20)10-5-1-2-6-11(10)16-18-13-7-3-4-8-14(13)21-16/h1-8,12H,9,17H2,(H,19,20). The van der Waals surface area contributed by atoms with E-state index in [4.69, 9.17) is 15.3 Å². The van der Waals surface area contributed by atoms with Crippen LogP contribution in [0, 0.1) is 0 Å². The van der Waals surface area contributed by atoms with Crippen LogP contribution in [0.3, 0.4) is 0 Å². The Balaban J connectivity index is 2.07. The molecule has 106 valence electrons. The van der Waals surface area contributed by atoms with Gasteiger partial charge in [-0.3, -0.25) is 4.79 Å². The maximum Gasteiger partial charge on any atom is 0.305 e. The first kappa shape index (κ1) is 13.3. The summed E-state index contributed by atoms with van der Waals surface area (Å²) in [4.78, 5) is 15.3. The molecule has 5 heteroatoms. The van der Waals surface area contributed by atoms with Crippen LogP contribution < -0.4 is 5.73 Å². The second-order valence-electron chi connectivity index (χ2n) is 4.78. The van der Waals surface area contributed by atoms with Gasteiger partial charge in [0.15, 0.2) is 5.58 Å². The van der Waals surface area contributed by atoms with Crippen molar-refractivity contribution in [3.8, 4) is 11.5 Å². The zero-order chi connectivity index (χ0) is 14.8. The van der Waals surface area contributed by atoms with E-state index < -0.39 is 12.0 Å². The molecule has 0 radical (unpaired) electrons. The maximum atomic E-state index is 10.9. The molecule has 3 N–H and O–H groups in total. The summed E-state index contributed by atoms with van der Waals surface area (Å²) in [5.74, 6) is -0.484. The Kier molecular flexibility index (Phi) is 3.41. The molecule has 1 unspecified atom stereocenters. The lowest BCUT2D eigenvalue weighted by molar-refractivity contribution is -0.137. The minimum Gasteiger partial charge on any atom is -0.481 e. The molecule has 0 fully saturated rings. The van der Waals surface area contributed by atoms with Crippen molar-refractivity contribution in [1.82, 2.24) is 4.98 Å². The topological polar surface area (TPSA) is 89.4 Å². The fourth-order valence-corrected chi connectivity index (χ4v) is 2.30. The van der Waals surface area contributed by atoms with E-state index in [1.54, 1.807) is 6.07 Å². The number of hydrogen-bond donors (Lipinski definition) is 2. The van der Waals surface area contributed by atoms with Crippen LogP contribution in [0.1, 0.15) is 18.0 Å². The van der Waals surface area contributed by atoms with Crippen molar-refractivity contribution in [2.75, 3.05) is 0 Å². The van der Waals surface area contributed by atoms with Crippen molar-refractivity contribution in [2.45, 2.75) is 12.5 Å². The summed E-state index contributed by atoms with van der Waals surface area (Å²) in [6.07, 6.45) is -0.142. The molecule has 2 aromatic carbocycles. The first-order valence-corrected chi connectivity index (χ1v) is 6.57. The van der Waals surface area contributed by atoms with Gasteiger partial charge in [0.05, 0.1) is 6.42 Å². The van der Waals surface area contributed by atoms with Gasteiger partial charge < -0.3 is 15.3 Å². The molecule has 0 amide bonds. The molecule has 0 spiro atoms. The summed E-state index contributed by atoms with van der Waals surface area (Å²) in [7, 11) is 0. The van der Waals surface area contributed by atoms with Crippen molar-refractivity contribution in [3.63, 3.8) is 0 Å². The quantitative estimate of drug-likeness (QED) is 0.767. The minimum atomic E-state index is -0.935. The fraction of sp³-hybridized carbons (Fsp3) is 0.125. The highest BCUT2D eigenvalue weighted by Crippen LogP contribution is 2.30. The molecule has 21 heavy (non-hydrogen) atoms. The van der Waals surface area contributed by atoms with Crippen LogP contribution in [0.25, 0.3) is 22.6 Å². The molecule has 0 aliphatic heterocycles. The number of carbonyl (C=O) groups is 1. The number of nitrogens with zero attached hydrogens (tertiary/aromatic N) is 1. The van der Waals surface area contributed by atoms with E-state index in [1.807, 2.05) is 42.5 Å². The number of fused-ring (bicyclic) bond motifs is 1. The van der Waals surface area contributed by atoms with E-state index >= 15 is 0 Å². The van der Waals surface area contributed by atoms with Gasteiger partial charge in [0.2, 0.25) is 5.89 Å². The van der Waals surface area contributed by atoms with Crippen molar-refractivity contribution in [3.05, 3.63) is 54.1 Å². The summed E-state index contributed by atoms with van der Waals surface area (Å²) < 4.78 is 5.74. The third-order valence-electron chi connectivity index (χ3n) is 3.28. The number of benzene rings is 2. The number of oxazole rings is 1. The minimum absolute atomic E-state index is 0.142. The molecule has 3 rings (SSSR count). The van der Waals surface area contributed by atoms with E-state index in [0.29, 0.717) is 17.0 Å². The predicted octanol–water partition coefficient (Wildman–Crippen LogP) is 2.97. The number of para-hydroxylation sites is 2. The van der Waals surface area contributed by atoms with Gasteiger partial charge in [0, 0.05) is 11.6 Å². The highest BCUT2D eigenvalue weighted by Gasteiger charge is 2.18. The lowest BCUT2D eigenvalue weighted by Gasteiger charge is -2.12. The Hall–Kier alpha value is -2.66. The van der Waals surface area contributed by atoms with Crippen LogP contribution in [0.5, 0.6) is 0 Å². The molecule has 5 nitrogen and oxygen atoms in total. The van der Waals surface area contributed by atoms with Gasteiger partial charge in [-0.05, 0) is 23.8 Å². The van der Waals surface area contributed by atoms with Crippen LogP contribution >= 0.6 is 0 Å². The normalized spacial score (nSPS) is 12.4. The Morgan fingerprint density at radius 3 is 2.67 bits per heavy atom. The van der Waals surface area contributed by atoms with Gasteiger partial charge in [-0.1, -0.05) is 30.3 Å². The smallest absolute Gasteiger partial charge is 0.305 e. The van der Waals surface area contributed by atoms with Gasteiger partial charge in [0.25, 0.3) is 0 Å². The number of aromatic nitrogens is 1. The predicted molar refractivity (Wildman–Crippen MR) is 78.6 cm³/mol. The molecule has 3 aromatic rings. The van der Waals surface area contributed by atoms with E-state index in [2.05, 4.69) is 4.98 Å². The molecule has 1 heterocycles. The number of carboxylic acids is 1. The summed E-state index contributed by atoms with van der Waals surface area (Å²) in [6, 6.07) is 14.2. The highest BCUT2D eigenvalue weighted by atomic mass is 16.4. The molecule has 0 saturated heterocycles. The first-order valence-electron chi connectivity index (χ1n) is 6.57. The SMILES string of the molecule is NC(CC(=O)O)c1ccccc1-c1nc2ccccc2o1. The second-order valence-corrected chi connectivity index (χ2v) is 4.78. The van der Waals surface area contributed by atoms with Crippen LogP contribution in [0.4, 0.5) is 0 Å². The molecule has 0 saturated carbocycles. The average Bonchev–Trinajstić information content (AvgIpc) is 2.90. The molecule has 1 aromatic heterocycles. The van der Waals surface area contributed by atoms with Gasteiger partial charge in [-0.25, -0.2) is 4.98 Å². The van der Waals surface area contributed by atoms with Crippen LogP contribution in [-0.4, -0.2) is 16.1 Å². The van der Waals surface area contributed by atoms with Crippen LogP contribution in [0.15, 0.2) is 52.9 Å². The number of rotatable bonds is 4. The number of aliphatic carboxylic acids is 1. The summed E-state index contributed by atoms with van der Waals surface area (Å²) >= 11 is 0. The zero-order valence-corrected chi connectivity index (χ0v) is 11.2. The molecular formula is C16H14N2O3. The average molecular weight is 282 g/mol. The molecule has 1 atom stereocenters. The number of nitrogens with two attached hydrogens (primary N) is 1. The Morgan fingerprint density at radius 2 is 1.90 bits per heavy atom. The Labute approximate surface area is 121 Å². The van der Waals surface area contributed by atoms with Crippen molar-refractivity contribution in [2.24, 2.45) is 5.73 Å². The first-order chi connectivity index (χ1) is 10.1.